The smallest absolute Gasteiger partial charge is 0.262 e. The predicted octanol–water partition coefficient (Wildman–Crippen LogP) is 4.19. The van der Waals surface area contributed by atoms with Crippen LogP contribution in [0.25, 0.3) is 0 Å². The van der Waals surface area contributed by atoms with Gasteiger partial charge in [0, 0.05) is 21.8 Å². The number of hydrogen-bond acceptors (Lipinski definition) is 3. The molecule has 26 heavy (non-hydrogen) atoms. The van der Waals surface area contributed by atoms with E-state index in [0.717, 1.165) is 5.56 Å². The molecule has 138 valence electrons. The summed E-state index contributed by atoms with van der Waals surface area (Å²) in [6.45, 7) is 7.50. The van der Waals surface area contributed by atoms with Crippen molar-refractivity contribution in [1.82, 2.24) is 5.32 Å². The maximum absolute atomic E-state index is 12.1. The van der Waals surface area contributed by atoms with Crippen LogP contribution < -0.4 is 15.4 Å². The van der Waals surface area contributed by atoms with Gasteiger partial charge in [0.2, 0.25) is 0 Å². The minimum Gasteiger partial charge on any atom is -0.484 e. The largest absolute Gasteiger partial charge is 0.484 e. The molecular formula is C20H23ClN2O3. The van der Waals surface area contributed by atoms with Crippen molar-refractivity contribution in [2.24, 2.45) is 0 Å². The highest BCUT2D eigenvalue weighted by Gasteiger charge is 2.15. The average molecular weight is 375 g/mol. The quantitative estimate of drug-likeness (QED) is 0.824. The molecule has 2 aromatic carbocycles. The van der Waals surface area contributed by atoms with Gasteiger partial charge in [-0.05, 0) is 75.7 Å². The van der Waals surface area contributed by atoms with E-state index in [1.807, 2.05) is 27.7 Å². The summed E-state index contributed by atoms with van der Waals surface area (Å²) in [5, 5.41) is 6.27. The first-order valence-electron chi connectivity index (χ1n) is 8.25. The molecule has 2 aromatic rings. The Morgan fingerprint density at radius 1 is 1.08 bits per heavy atom. The molecule has 2 rings (SSSR count). The van der Waals surface area contributed by atoms with Gasteiger partial charge < -0.3 is 15.4 Å². The van der Waals surface area contributed by atoms with E-state index in [0.29, 0.717) is 22.0 Å². The van der Waals surface area contributed by atoms with E-state index >= 15 is 0 Å². The molecule has 0 fully saturated rings. The zero-order valence-corrected chi connectivity index (χ0v) is 16.1. The molecule has 0 aliphatic heterocycles. The van der Waals surface area contributed by atoms with E-state index in [9.17, 15) is 9.59 Å². The van der Waals surface area contributed by atoms with Gasteiger partial charge in [-0.2, -0.15) is 0 Å². The number of rotatable bonds is 5. The van der Waals surface area contributed by atoms with Crippen molar-refractivity contribution in [2.45, 2.75) is 33.2 Å². The third-order valence-electron chi connectivity index (χ3n) is 3.42. The van der Waals surface area contributed by atoms with Crippen molar-refractivity contribution in [1.29, 1.82) is 0 Å². The molecule has 0 bridgehead atoms. The molecule has 0 saturated carbocycles. The van der Waals surface area contributed by atoms with Crippen molar-refractivity contribution in [3.63, 3.8) is 0 Å². The van der Waals surface area contributed by atoms with Gasteiger partial charge in [-0.1, -0.05) is 11.6 Å². The molecule has 0 heterocycles. The van der Waals surface area contributed by atoms with Crippen LogP contribution in [0.5, 0.6) is 5.75 Å². The number of ether oxygens (including phenoxy) is 1. The molecule has 0 radical (unpaired) electrons. The maximum Gasteiger partial charge on any atom is 0.262 e. The summed E-state index contributed by atoms with van der Waals surface area (Å²) in [6, 6.07) is 11.9. The minimum absolute atomic E-state index is 0.118. The number of carbonyl (C=O) groups is 2. The summed E-state index contributed by atoms with van der Waals surface area (Å²) in [5.74, 6) is 0.137. The molecule has 2 N–H and O–H groups in total. The summed E-state index contributed by atoms with van der Waals surface area (Å²) in [6.07, 6.45) is 0. The van der Waals surface area contributed by atoms with Gasteiger partial charge in [0.05, 0.1) is 0 Å². The fraction of sp³-hybridized carbons (Fsp3) is 0.300. The Labute approximate surface area is 158 Å². The third kappa shape index (κ3) is 6.08. The number of nitrogens with one attached hydrogen (secondary N) is 2. The highest BCUT2D eigenvalue weighted by atomic mass is 35.5. The van der Waals surface area contributed by atoms with Crippen molar-refractivity contribution < 1.29 is 14.3 Å². The number of halogens is 1. The fourth-order valence-corrected chi connectivity index (χ4v) is 2.29. The summed E-state index contributed by atoms with van der Waals surface area (Å²) in [7, 11) is 0. The normalized spacial score (nSPS) is 11.0. The number of benzene rings is 2. The van der Waals surface area contributed by atoms with E-state index in [4.69, 9.17) is 16.3 Å². The molecule has 0 saturated heterocycles. The molecule has 0 aromatic heterocycles. The van der Waals surface area contributed by atoms with Crippen molar-refractivity contribution in [3.05, 3.63) is 58.6 Å². The maximum atomic E-state index is 12.1. The van der Waals surface area contributed by atoms with E-state index in [2.05, 4.69) is 10.6 Å². The lowest BCUT2D eigenvalue weighted by molar-refractivity contribution is -0.118. The SMILES string of the molecule is Cc1cc(OCC(=O)Nc2ccc(C(=O)NC(C)(C)C)cc2)ccc1Cl. The summed E-state index contributed by atoms with van der Waals surface area (Å²) in [5.41, 5.74) is 1.71. The topological polar surface area (TPSA) is 67.4 Å². The van der Waals surface area contributed by atoms with Gasteiger partial charge in [-0.15, -0.1) is 0 Å². The molecule has 0 spiro atoms. The van der Waals surface area contributed by atoms with Crippen LogP contribution in [0.4, 0.5) is 5.69 Å². The van der Waals surface area contributed by atoms with Crippen molar-refractivity contribution in [3.8, 4) is 5.75 Å². The van der Waals surface area contributed by atoms with Crippen molar-refractivity contribution >= 4 is 29.1 Å². The molecule has 0 unspecified atom stereocenters. The molecule has 0 atom stereocenters. The molecule has 0 aliphatic rings. The Morgan fingerprint density at radius 3 is 2.31 bits per heavy atom. The second-order valence-corrected chi connectivity index (χ2v) is 7.44. The molecule has 6 heteroatoms. The van der Waals surface area contributed by atoms with Crippen LogP contribution >= 0.6 is 11.6 Å². The zero-order chi connectivity index (χ0) is 19.3. The Morgan fingerprint density at radius 2 is 1.73 bits per heavy atom. The van der Waals surface area contributed by atoms with Gasteiger partial charge >= 0.3 is 0 Å². The van der Waals surface area contributed by atoms with Crippen LogP contribution in [-0.4, -0.2) is 24.0 Å². The second kappa shape index (κ2) is 8.23. The number of anilines is 1. The summed E-state index contributed by atoms with van der Waals surface area (Å²) >= 11 is 5.96. The zero-order valence-electron chi connectivity index (χ0n) is 15.4. The van der Waals surface area contributed by atoms with Gasteiger partial charge in [-0.3, -0.25) is 9.59 Å². The first kappa shape index (κ1) is 19.8. The van der Waals surface area contributed by atoms with E-state index < -0.39 is 0 Å². The lowest BCUT2D eigenvalue weighted by Crippen LogP contribution is -2.40. The number of hydrogen-bond donors (Lipinski definition) is 2. The standard InChI is InChI=1S/C20H23ClN2O3/c1-13-11-16(9-10-17(13)21)26-12-18(24)22-15-7-5-14(6-8-15)19(25)23-20(2,3)4/h5-11H,12H2,1-4H3,(H,22,24)(H,23,25). The Balaban J connectivity index is 1.88. The lowest BCUT2D eigenvalue weighted by atomic mass is 10.1. The molecular weight excluding hydrogens is 352 g/mol. The van der Waals surface area contributed by atoms with Crippen LogP contribution in [0.1, 0.15) is 36.7 Å². The number of carbonyl (C=O) groups excluding carboxylic acids is 2. The van der Waals surface area contributed by atoms with Crippen LogP contribution in [0.2, 0.25) is 5.02 Å². The minimum atomic E-state index is -0.304. The van der Waals surface area contributed by atoms with Crippen LogP contribution in [-0.2, 0) is 4.79 Å². The third-order valence-corrected chi connectivity index (χ3v) is 3.84. The van der Waals surface area contributed by atoms with Gasteiger partial charge in [0.25, 0.3) is 11.8 Å². The molecule has 0 aliphatic carbocycles. The number of aryl methyl sites for hydroxylation is 1. The van der Waals surface area contributed by atoms with Gasteiger partial charge in [0.15, 0.2) is 6.61 Å². The predicted molar refractivity (Wildman–Crippen MR) is 104 cm³/mol. The van der Waals surface area contributed by atoms with Crippen LogP contribution in [0.3, 0.4) is 0 Å². The van der Waals surface area contributed by atoms with Gasteiger partial charge in [-0.25, -0.2) is 0 Å². The highest BCUT2D eigenvalue weighted by Crippen LogP contribution is 2.21. The monoisotopic (exact) mass is 374 g/mol. The summed E-state index contributed by atoms with van der Waals surface area (Å²) in [4.78, 5) is 24.1. The van der Waals surface area contributed by atoms with E-state index in [1.165, 1.54) is 0 Å². The average Bonchev–Trinajstić information content (AvgIpc) is 2.55. The van der Waals surface area contributed by atoms with Crippen LogP contribution in [0.15, 0.2) is 42.5 Å². The lowest BCUT2D eigenvalue weighted by Gasteiger charge is -2.20. The first-order valence-corrected chi connectivity index (χ1v) is 8.63. The Hall–Kier alpha value is -2.53. The number of amides is 2. The Bertz CT molecular complexity index is 796. The first-order chi connectivity index (χ1) is 12.1. The second-order valence-electron chi connectivity index (χ2n) is 7.03. The van der Waals surface area contributed by atoms with Crippen molar-refractivity contribution in [2.75, 3.05) is 11.9 Å². The fourth-order valence-electron chi connectivity index (χ4n) is 2.17. The Kier molecular flexibility index (Phi) is 6.27. The van der Waals surface area contributed by atoms with Gasteiger partial charge in [0.1, 0.15) is 5.75 Å². The van der Waals surface area contributed by atoms with E-state index in [-0.39, 0.29) is 24.0 Å². The molecule has 2 amide bonds. The van der Waals surface area contributed by atoms with E-state index in [1.54, 1.807) is 42.5 Å². The highest BCUT2D eigenvalue weighted by molar-refractivity contribution is 6.31. The summed E-state index contributed by atoms with van der Waals surface area (Å²) < 4.78 is 5.46. The van der Waals surface area contributed by atoms with Crippen LogP contribution in [0, 0.1) is 6.92 Å². The molecule has 5 nitrogen and oxygen atoms in total.